The Bertz CT molecular complexity index is 599. The molecule has 1 aliphatic rings. The first-order chi connectivity index (χ1) is 9.78. The van der Waals surface area contributed by atoms with Crippen LogP contribution in [0.15, 0.2) is 12.5 Å². The largest absolute Gasteiger partial charge is 0.394 e. The zero-order chi connectivity index (χ0) is 14.5. The van der Waals surface area contributed by atoms with E-state index in [1.165, 1.54) is 6.20 Å². The summed E-state index contributed by atoms with van der Waals surface area (Å²) in [4.78, 5) is 15.8. The van der Waals surface area contributed by atoms with Crippen LogP contribution in [0.1, 0.15) is 32.5 Å². The third kappa shape index (κ3) is 2.97. The fourth-order valence-corrected chi connectivity index (χ4v) is 1.64. The molecule has 1 aliphatic carbocycles. The first-order valence-corrected chi connectivity index (χ1v) is 6.67. The number of nitrogens with two attached hydrogens (primary N) is 2. The Kier molecular flexibility index (Phi) is 4.36. The lowest BCUT2D eigenvalue weighted by Gasteiger charge is -2.07. The van der Waals surface area contributed by atoms with Gasteiger partial charge >= 0.3 is 0 Å². The molecule has 108 valence electrons. The predicted molar refractivity (Wildman–Crippen MR) is 79.2 cm³/mol. The van der Waals surface area contributed by atoms with Crippen molar-refractivity contribution in [2.75, 3.05) is 5.32 Å². The predicted octanol–water partition coefficient (Wildman–Crippen LogP) is 0.674. The topological polar surface area (TPSA) is 131 Å². The van der Waals surface area contributed by atoms with Gasteiger partial charge in [0, 0.05) is 12.2 Å². The van der Waals surface area contributed by atoms with Gasteiger partial charge in [0.2, 0.25) is 0 Å². The molecule has 0 radical (unpaired) electrons. The maximum atomic E-state index is 5.81. The summed E-state index contributed by atoms with van der Waals surface area (Å²) < 4.78 is 0. The second kappa shape index (κ2) is 6.20. The van der Waals surface area contributed by atoms with Gasteiger partial charge in [-0.15, -0.1) is 0 Å². The van der Waals surface area contributed by atoms with E-state index in [1.807, 2.05) is 13.8 Å². The van der Waals surface area contributed by atoms with Crippen LogP contribution < -0.4 is 22.3 Å². The molecule has 8 nitrogen and oxygen atoms in total. The molecule has 0 aromatic carbocycles. The molecule has 0 amide bonds. The van der Waals surface area contributed by atoms with Crippen LogP contribution in [-0.2, 0) is 0 Å². The van der Waals surface area contributed by atoms with Gasteiger partial charge in [-0.25, -0.2) is 15.0 Å². The Labute approximate surface area is 117 Å². The number of aromatic amines is 1. The molecule has 8 heteroatoms. The average molecular weight is 276 g/mol. The Hall–Kier alpha value is -2.35. The number of H-pyrrole nitrogens is 1. The van der Waals surface area contributed by atoms with Crippen LogP contribution in [-0.4, -0.2) is 26.0 Å². The highest BCUT2D eigenvalue weighted by molar-refractivity contribution is 5.84. The molecule has 7 N–H and O–H groups in total. The van der Waals surface area contributed by atoms with Crippen LogP contribution in [0.4, 0.5) is 5.82 Å². The van der Waals surface area contributed by atoms with Crippen molar-refractivity contribution in [3.05, 3.63) is 18.4 Å². The molecule has 2 heterocycles. The second-order valence-electron chi connectivity index (χ2n) is 4.18. The SMILES string of the molecule is CC.NN/C=C(\N)c1nc(NC2CC2)c2[nH]cnc2n1. The van der Waals surface area contributed by atoms with E-state index in [9.17, 15) is 0 Å². The molecule has 20 heavy (non-hydrogen) atoms. The van der Waals surface area contributed by atoms with Gasteiger partial charge in [0.1, 0.15) is 5.52 Å². The van der Waals surface area contributed by atoms with Crippen LogP contribution in [0, 0.1) is 0 Å². The van der Waals surface area contributed by atoms with E-state index in [4.69, 9.17) is 11.6 Å². The number of nitrogens with one attached hydrogen (secondary N) is 3. The minimum absolute atomic E-state index is 0.362. The summed E-state index contributed by atoms with van der Waals surface area (Å²) in [7, 11) is 0. The highest BCUT2D eigenvalue weighted by atomic mass is 15.2. The van der Waals surface area contributed by atoms with Crippen molar-refractivity contribution in [3.8, 4) is 0 Å². The number of imidazole rings is 1. The molecule has 0 bridgehead atoms. The van der Waals surface area contributed by atoms with Crippen LogP contribution in [0.25, 0.3) is 16.9 Å². The lowest BCUT2D eigenvalue weighted by atomic mass is 10.4. The summed E-state index contributed by atoms with van der Waals surface area (Å²) in [6.45, 7) is 4.00. The highest BCUT2D eigenvalue weighted by Gasteiger charge is 2.23. The summed E-state index contributed by atoms with van der Waals surface area (Å²) in [5.41, 5.74) is 9.91. The number of fused-ring (bicyclic) bond motifs is 1. The third-order valence-electron chi connectivity index (χ3n) is 2.70. The van der Waals surface area contributed by atoms with Gasteiger partial charge in [-0.3, -0.25) is 5.84 Å². The molecular formula is C12H20N8. The Morgan fingerprint density at radius 3 is 2.80 bits per heavy atom. The van der Waals surface area contributed by atoms with Crippen molar-refractivity contribution in [1.29, 1.82) is 0 Å². The van der Waals surface area contributed by atoms with Gasteiger partial charge in [0.05, 0.1) is 12.0 Å². The number of hydrazine groups is 1. The number of rotatable bonds is 4. The number of aromatic nitrogens is 4. The maximum absolute atomic E-state index is 5.81. The summed E-state index contributed by atoms with van der Waals surface area (Å²) >= 11 is 0. The average Bonchev–Trinajstić information content (AvgIpc) is 3.15. The van der Waals surface area contributed by atoms with Gasteiger partial charge in [-0.05, 0) is 12.8 Å². The quantitative estimate of drug-likeness (QED) is 0.410. The van der Waals surface area contributed by atoms with Crippen LogP contribution in [0.3, 0.4) is 0 Å². The van der Waals surface area contributed by atoms with Gasteiger partial charge in [-0.1, -0.05) is 13.8 Å². The molecule has 3 rings (SSSR count). The Morgan fingerprint density at radius 1 is 1.40 bits per heavy atom. The summed E-state index contributed by atoms with van der Waals surface area (Å²) in [6, 6.07) is 0.483. The Balaban J connectivity index is 0.000000704. The van der Waals surface area contributed by atoms with Crippen molar-refractivity contribution in [1.82, 2.24) is 25.4 Å². The van der Waals surface area contributed by atoms with Crippen LogP contribution >= 0.6 is 0 Å². The molecule has 0 saturated heterocycles. The van der Waals surface area contributed by atoms with Crippen molar-refractivity contribution in [2.45, 2.75) is 32.7 Å². The molecule has 2 aromatic rings. The van der Waals surface area contributed by atoms with Gasteiger partial charge < -0.3 is 21.5 Å². The third-order valence-corrected chi connectivity index (χ3v) is 2.70. The number of nitrogens with zero attached hydrogens (tertiary/aromatic N) is 3. The smallest absolute Gasteiger partial charge is 0.183 e. The van der Waals surface area contributed by atoms with Crippen LogP contribution in [0.2, 0.25) is 0 Å². The first kappa shape index (κ1) is 14.1. The molecule has 1 fully saturated rings. The monoisotopic (exact) mass is 276 g/mol. The standard InChI is InChI=1S/C10H14N8.C2H6/c11-6(3-15-12)8-17-9-7(13-4-14-9)10(18-8)16-5-1-2-5;1-2/h3-5,15H,1-2,11-12H2,(H2,13,14,16,17,18);1-2H3/b6-3-;. The number of hydrogen-bond acceptors (Lipinski definition) is 7. The van der Waals surface area contributed by atoms with E-state index in [0.29, 0.717) is 23.2 Å². The summed E-state index contributed by atoms with van der Waals surface area (Å²) in [5.74, 6) is 6.31. The molecule has 0 aliphatic heterocycles. The van der Waals surface area contributed by atoms with Gasteiger partial charge in [-0.2, -0.15) is 0 Å². The minimum Gasteiger partial charge on any atom is -0.394 e. The number of anilines is 1. The molecule has 0 unspecified atom stereocenters. The zero-order valence-electron chi connectivity index (χ0n) is 11.6. The normalized spacial score (nSPS) is 14.7. The molecule has 0 spiro atoms. The maximum Gasteiger partial charge on any atom is 0.183 e. The molecule has 2 aromatic heterocycles. The molecule has 1 saturated carbocycles. The van der Waals surface area contributed by atoms with E-state index in [-0.39, 0.29) is 0 Å². The lowest BCUT2D eigenvalue weighted by Crippen LogP contribution is -2.17. The Morgan fingerprint density at radius 2 is 2.15 bits per heavy atom. The van der Waals surface area contributed by atoms with Crippen molar-refractivity contribution in [2.24, 2.45) is 11.6 Å². The lowest BCUT2D eigenvalue weighted by molar-refractivity contribution is 0.961. The van der Waals surface area contributed by atoms with Crippen molar-refractivity contribution in [3.63, 3.8) is 0 Å². The second-order valence-corrected chi connectivity index (χ2v) is 4.18. The van der Waals surface area contributed by atoms with E-state index >= 15 is 0 Å². The van der Waals surface area contributed by atoms with Crippen molar-refractivity contribution >= 4 is 22.7 Å². The molecule has 0 atom stereocenters. The van der Waals surface area contributed by atoms with Crippen LogP contribution in [0.5, 0.6) is 0 Å². The summed E-state index contributed by atoms with van der Waals surface area (Å²) in [6.07, 6.45) is 5.34. The highest BCUT2D eigenvalue weighted by Crippen LogP contribution is 2.27. The minimum atomic E-state index is 0.362. The summed E-state index contributed by atoms with van der Waals surface area (Å²) in [5, 5.41) is 3.33. The zero-order valence-corrected chi connectivity index (χ0v) is 11.6. The van der Waals surface area contributed by atoms with E-state index < -0.39 is 0 Å². The van der Waals surface area contributed by atoms with E-state index in [0.717, 1.165) is 24.2 Å². The number of hydrogen-bond donors (Lipinski definition) is 5. The molecular weight excluding hydrogens is 256 g/mol. The fourth-order valence-electron chi connectivity index (χ4n) is 1.64. The van der Waals surface area contributed by atoms with Crippen molar-refractivity contribution < 1.29 is 0 Å². The van der Waals surface area contributed by atoms with E-state index in [1.54, 1.807) is 6.33 Å². The first-order valence-electron chi connectivity index (χ1n) is 6.67. The van der Waals surface area contributed by atoms with Gasteiger partial charge in [0.25, 0.3) is 0 Å². The van der Waals surface area contributed by atoms with Gasteiger partial charge in [0.15, 0.2) is 17.3 Å². The van der Waals surface area contributed by atoms with E-state index in [2.05, 4.69) is 30.7 Å². The fraction of sp³-hybridized carbons (Fsp3) is 0.417.